The van der Waals surface area contributed by atoms with Crippen molar-refractivity contribution >= 4 is 11.8 Å². The van der Waals surface area contributed by atoms with Gasteiger partial charge >= 0.3 is 5.97 Å². The minimum atomic E-state index is -0.298. The number of carbonyl (C=O) groups is 2. The van der Waals surface area contributed by atoms with Gasteiger partial charge in [-0.3, -0.25) is 9.59 Å². The van der Waals surface area contributed by atoms with E-state index in [1.165, 1.54) is 12.8 Å². The number of methoxy groups -OCH3 is 1. The number of unbranched alkanes of at least 4 members (excludes halogenated alkanes) is 4. The molecule has 0 N–H and O–H groups in total. The van der Waals surface area contributed by atoms with Gasteiger partial charge in [-0.05, 0) is 25.7 Å². The second-order valence-electron chi connectivity index (χ2n) is 6.23. The van der Waals surface area contributed by atoms with Crippen LogP contribution in [-0.2, 0) is 19.1 Å². The largest absolute Gasteiger partial charge is 0.466 e. The van der Waals surface area contributed by atoms with Crippen molar-refractivity contribution < 1.29 is 19.1 Å². The summed E-state index contributed by atoms with van der Waals surface area (Å²) in [6, 6.07) is 0. The van der Waals surface area contributed by atoms with Crippen LogP contribution < -0.4 is 0 Å². The molecule has 0 aliphatic carbocycles. The smallest absolute Gasteiger partial charge is 0.306 e. The van der Waals surface area contributed by atoms with Gasteiger partial charge in [0, 0.05) is 33.0 Å². The lowest BCUT2D eigenvalue weighted by Gasteiger charge is -2.04. The summed E-state index contributed by atoms with van der Waals surface area (Å²) < 4.78 is 9.89. The van der Waals surface area contributed by atoms with Gasteiger partial charge in [-0.1, -0.05) is 56.2 Å². The van der Waals surface area contributed by atoms with E-state index in [0.29, 0.717) is 26.1 Å². The molecular weight excluding hydrogens is 328 g/mol. The molecule has 0 fully saturated rings. The van der Waals surface area contributed by atoms with Gasteiger partial charge in [0.1, 0.15) is 5.78 Å². The highest BCUT2D eigenvalue weighted by Crippen LogP contribution is 2.06. The van der Waals surface area contributed by atoms with Crippen molar-refractivity contribution in [3.8, 4) is 0 Å². The first-order chi connectivity index (χ1) is 12.7. The highest BCUT2D eigenvalue weighted by molar-refractivity contribution is 5.82. The van der Waals surface area contributed by atoms with E-state index in [4.69, 9.17) is 9.47 Å². The van der Waals surface area contributed by atoms with Gasteiger partial charge in [0.05, 0.1) is 13.0 Å². The molecule has 0 aromatic heterocycles. The average Bonchev–Trinajstić information content (AvgIpc) is 2.64. The summed E-state index contributed by atoms with van der Waals surface area (Å²) in [6.45, 7) is 3.13. The Labute approximate surface area is 159 Å². The third-order valence-corrected chi connectivity index (χ3v) is 3.77. The summed E-state index contributed by atoms with van der Waals surface area (Å²) in [5.74, 6) is -0.159. The normalized spacial score (nSPS) is 11.8. The van der Waals surface area contributed by atoms with Crippen LogP contribution in [0.15, 0.2) is 36.5 Å². The van der Waals surface area contributed by atoms with Gasteiger partial charge in [0.2, 0.25) is 0 Å². The monoisotopic (exact) mass is 364 g/mol. The molecule has 0 atom stereocenters. The highest BCUT2D eigenvalue weighted by atomic mass is 16.5. The minimum absolute atomic E-state index is 0.139. The molecule has 0 spiro atoms. The molecule has 4 nitrogen and oxygen atoms in total. The Bertz CT molecular complexity index is 435. The Kier molecular flexibility index (Phi) is 18.4. The highest BCUT2D eigenvalue weighted by Gasteiger charge is 2.07. The van der Waals surface area contributed by atoms with Crippen molar-refractivity contribution in [1.29, 1.82) is 0 Å². The summed E-state index contributed by atoms with van der Waals surface area (Å²) >= 11 is 0. The Balaban J connectivity index is 3.53. The maximum atomic E-state index is 11.7. The zero-order valence-corrected chi connectivity index (χ0v) is 16.6. The number of carbonyl (C=O) groups excluding carboxylic acids is 2. The zero-order valence-electron chi connectivity index (χ0n) is 16.6. The van der Waals surface area contributed by atoms with E-state index in [2.05, 4.69) is 25.2 Å². The zero-order chi connectivity index (χ0) is 19.3. The maximum Gasteiger partial charge on any atom is 0.306 e. The Morgan fingerprint density at radius 3 is 2.12 bits per heavy atom. The van der Waals surface area contributed by atoms with Gasteiger partial charge in [0.25, 0.3) is 0 Å². The number of hydrogen-bond donors (Lipinski definition) is 0. The maximum absolute atomic E-state index is 11.7. The topological polar surface area (TPSA) is 52.6 Å². The molecule has 0 aromatic rings. The molecule has 0 aromatic carbocycles. The van der Waals surface area contributed by atoms with Crippen LogP contribution in [0.5, 0.6) is 0 Å². The number of allylic oxidation sites excluding steroid dienone is 6. The van der Waals surface area contributed by atoms with Crippen LogP contribution in [0.2, 0.25) is 0 Å². The molecule has 0 amide bonds. The standard InChI is InChI=1S/C22H36O4/c1-3-4-5-6-7-8-9-10-11-12-13-14-16-21(23)17-18-22(24)26-20-15-19-25-2/h6-11H,3-5,12-20H2,1-2H3. The summed E-state index contributed by atoms with van der Waals surface area (Å²) in [5, 5.41) is 0. The van der Waals surface area contributed by atoms with Gasteiger partial charge < -0.3 is 9.47 Å². The van der Waals surface area contributed by atoms with Crippen LogP contribution in [0.1, 0.15) is 71.1 Å². The average molecular weight is 365 g/mol. The first-order valence-electron chi connectivity index (χ1n) is 9.85. The Morgan fingerprint density at radius 1 is 0.769 bits per heavy atom. The SMILES string of the molecule is CCCCC=CC=CC=CCCCCC(=O)CCC(=O)OCCCOC. The van der Waals surface area contributed by atoms with Crippen molar-refractivity contribution in [2.75, 3.05) is 20.3 Å². The van der Waals surface area contributed by atoms with E-state index < -0.39 is 0 Å². The van der Waals surface area contributed by atoms with Gasteiger partial charge in [0.15, 0.2) is 0 Å². The number of hydrogen-bond acceptors (Lipinski definition) is 4. The molecular formula is C22H36O4. The molecule has 0 rings (SSSR count). The van der Waals surface area contributed by atoms with E-state index in [9.17, 15) is 9.59 Å². The van der Waals surface area contributed by atoms with Crippen molar-refractivity contribution in [3.05, 3.63) is 36.5 Å². The van der Waals surface area contributed by atoms with E-state index in [0.717, 1.165) is 25.7 Å². The summed E-state index contributed by atoms with van der Waals surface area (Å²) in [7, 11) is 1.61. The van der Waals surface area contributed by atoms with Crippen molar-refractivity contribution in [2.24, 2.45) is 0 Å². The first-order valence-corrected chi connectivity index (χ1v) is 9.85. The van der Waals surface area contributed by atoms with Crippen LogP contribution in [0.4, 0.5) is 0 Å². The molecule has 26 heavy (non-hydrogen) atoms. The lowest BCUT2D eigenvalue weighted by Crippen LogP contribution is -2.09. The van der Waals surface area contributed by atoms with Crippen LogP contribution in [0, 0.1) is 0 Å². The van der Waals surface area contributed by atoms with Crippen LogP contribution in [0.3, 0.4) is 0 Å². The van der Waals surface area contributed by atoms with E-state index in [1.54, 1.807) is 7.11 Å². The quantitative estimate of drug-likeness (QED) is 0.199. The van der Waals surface area contributed by atoms with E-state index in [1.807, 2.05) is 18.2 Å². The molecule has 0 radical (unpaired) electrons. The number of esters is 1. The molecule has 0 unspecified atom stereocenters. The number of ketones is 1. The van der Waals surface area contributed by atoms with Gasteiger partial charge in [-0.15, -0.1) is 0 Å². The van der Waals surface area contributed by atoms with E-state index >= 15 is 0 Å². The summed E-state index contributed by atoms with van der Waals surface area (Å²) in [6.07, 6.45) is 20.7. The molecule has 0 saturated carbocycles. The fourth-order valence-corrected chi connectivity index (χ4v) is 2.21. The fraction of sp³-hybridized carbons (Fsp3) is 0.636. The van der Waals surface area contributed by atoms with Gasteiger partial charge in [-0.2, -0.15) is 0 Å². The lowest BCUT2D eigenvalue weighted by atomic mass is 10.1. The minimum Gasteiger partial charge on any atom is -0.466 e. The van der Waals surface area contributed by atoms with Crippen molar-refractivity contribution in [2.45, 2.75) is 71.1 Å². The van der Waals surface area contributed by atoms with Crippen LogP contribution in [-0.4, -0.2) is 32.1 Å². The first kappa shape index (κ1) is 24.3. The second-order valence-corrected chi connectivity index (χ2v) is 6.23. The van der Waals surface area contributed by atoms with Crippen LogP contribution in [0.25, 0.3) is 0 Å². The molecule has 148 valence electrons. The molecule has 0 bridgehead atoms. The van der Waals surface area contributed by atoms with E-state index in [-0.39, 0.29) is 24.6 Å². The van der Waals surface area contributed by atoms with Gasteiger partial charge in [-0.25, -0.2) is 0 Å². The van der Waals surface area contributed by atoms with Crippen molar-refractivity contribution in [1.82, 2.24) is 0 Å². The van der Waals surface area contributed by atoms with Crippen molar-refractivity contribution in [3.63, 3.8) is 0 Å². The molecule has 0 saturated heterocycles. The number of rotatable bonds is 17. The summed E-state index contributed by atoms with van der Waals surface area (Å²) in [4.78, 5) is 23.2. The molecule has 4 heteroatoms. The summed E-state index contributed by atoms with van der Waals surface area (Å²) in [5.41, 5.74) is 0. The fourth-order valence-electron chi connectivity index (χ4n) is 2.21. The third-order valence-electron chi connectivity index (χ3n) is 3.77. The molecule has 0 aliphatic rings. The molecule has 0 aliphatic heterocycles. The third kappa shape index (κ3) is 18.7. The predicted octanol–water partition coefficient (Wildman–Crippen LogP) is 5.33. The predicted molar refractivity (Wildman–Crippen MR) is 107 cm³/mol. The van der Waals surface area contributed by atoms with Crippen LogP contribution >= 0.6 is 0 Å². The Hall–Kier alpha value is -1.68. The number of Topliss-reactive ketones (excluding diaryl/α,β-unsaturated/α-hetero) is 1. The lowest BCUT2D eigenvalue weighted by molar-refractivity contribution is -0.145. The molecule has 0 heterocycles. The number of ether oxygens (including phenoxy) is 2. The second kappa shape index (κ2) is 19.6. The Morgan fingerprint density at radius 2 is 1.46 bits per heavy atom.